The summed E-state index contributed by atoms with van der Waals surface area (Å²) in [5.74, 6) is -0.453. The number of nitriles is 1. The number of hydrogen-bond acceptors (Lipinski definition) is 6. The molecule has 168 valence electrons. The third kappa shape index (κ3) is 4.54. The summed E-state index contributed by atoms with van der Waals surface area (Å²) in [6.45, 7) is 1.56. The number of esters is 1. The monoisotopic (exact) mass is 473 g/mol. The van der Waals surface area contributed by atoms with Crippen LogP contribution in [-0.4, -0.2) is 34.6 Å². The molecule has 0 spiro atoms. The van der Waals surface area contributed by atoms with E-state index in [4.69, 9.17) is 16.3 Å². The van der Waals surface area contributed by atoms with Crippen LogP contribution in [0, 0.1) is 11.3 Å². The number of nitrogens with one attached hydrogen (secondary N) is 1. The van der Waals surface area contributed by atoms with Crippen molar-refractivity contribution in [3.05, 3.63) is 52.0 Å². The van der Waals surface area contributed by atoms with Crippen molar-refractivity contribution in [3.8, 4) is 6.07 Å². The second-order valence-electron chi connectivity index (χ2n) is 8.13. The van der Waals surface area contributed by atoms with E-state index in [0.717, 1.165) is 45.2 Å². The third-order valence-corrected chi connectivity index (χ3v) is 7.62. The highest BCUT2D eigenvalue weighted by Crippen LogP contribution is 2.44. The van der Waals surface area contributed by atoms with Crippen LogP contribution in [0.4, 0.5) is 11.4 Å². The predicted molar refractivity (Wildman–Crippen MR) is 123 cm³/mol. The maximum absolute atomic E-state index is 13.5. The van der Waals surface area contributed by atoms with E-state index in [1.807, 2.05) is 6.07 Å². The molecular weight excluding hydrogens is 450 g/mol. The molecule has 1 saturated carbocycles. The topological polar surface area (TPSA) is 99.5 Å². The van der Waals surface area contributed by atoms with E-state index >= 15 is 0 Å². The number of anilines is 2. The number of carbonyl (C=O) groups excluding carboxylic acids is 1. The van der Waals surface area contributed by atoms with Gasteiger partial charge in [-0.1, -0.05) is 17.7 Å². The molecule has 2 aromatic rings. The van der Waals surface area contributed by atoms with Gasteiger partial charge >= 0.3 is 5.97 Å². The molecule has 0 amide bonds. The van der Waals surface area contributed by atoms with E-state index in [0.29, 0.717) is 16.9 Å². The summed E-state index contributed by atoms with van der Waals surface area (Å²) in [4.78, 5) is 14.2. The molecule has 32 heavy (non-hydrogen) atoms. The molecule has 0 radical (unpaired) electrons. The zero-order valence-corrected chi connectivity index (χ0v) is 19.3. The number of hydrogen-bond donors (Lipinski definition) is 1. The summed E-state index contributed by atoms with van der Waals surface area (Å²) in [7, 11) is -2.79. The van der Waals surface area contributed by atoms with Crippen molar-refractivity contribution in [1.29, 1.82) is 5.26 Å². The summed E-state index contributed by atoms with van der Waals surface area (Å²) in [6.07, 6.45) is 4.91. The second kappa shape index (κ2) is 9.00. The minimum absolute atomic E-state index is 0.0564. The van der Waals surface area contributed by atoms with Crippen LogP contribution in [0.2, 0.25) is 5.02 Å². The molecule has 2 aromatic carbocycles. The van der Waals surface area contributed by atoms with Crippen molar-refractivity contribution in [2.45, 2.75) is 42.9 Å². The number of sulfonamides is 1. The zero-order chi connectivity index (χ0) is 22.9. The van der Waals surface area contributed by atoms with Crippen LogP contribution in [-0.2, 0) is 14.8 Å². The van der Waals surface area contributed by atoms with Gasteiger partial charge in [0.1, 0.15) is 6.07 Å². The van der Waals surface area contributed by atoms with Crippen LogP contribution in [0.5, 0.6) is 0 Å². The largest absolute Gasteiger partial charge is 0.465 e. The highest BCUT2D eigenvalue weighted by atomic mass is 35.5. The minimum Gasteiger partial charge on any atom is -0.465 e. The van der Waals surface area contributed by atoms with Gasteiger partial charge in [0.05, 0.1) is 39.5 Å². The lowest BCUT2D eigenvalue weighted by molar-refractivity contribution is 0.0600. The first-order chi connectivity index (χ1) is 15.3. The van der Waals surface area contributed by atoms with Crippen molar-refractivity contribution >= 4 is 39.0 Å². The standard InChI is InChI=1S/C23H24ClN3O4S/c1-31-23(28)16-7-8-18(15-5-6-15)22(12-16)32(29,30)26-20-11-17(14-25)19(24)13-21(20)27-9-3-2-4-10-27/h7-8,11-13,15,26H,2-6,9-10H2,1H3. The van der Waals surface area contributed by atoms with Gasteiger partial charge in [-0.3, -0.25) is 4.72 Å². The van der Waals surface area contributed by atoms with Gasteiger partial charge in [-0.05, 0) is 67.9 Å². The molecule has 1 N–H and O–H groups in total. The quantitative estimate of drug-likeness (QED) is 0.612. The molecule has 1 aliphatic carbocycles. The fraction of sp³-hybridized carbons (Fsp3) is 0.391. The number of benzene rings is 2. The first-order valence-corrected chi connectivity index (χ1v) is 12.4. The SMILES string of the molecule is COC(=O)c1ccc(C2CC2)c(S(=O)(=O)Nc2cc(C#N)c(Cl)cc2N2CCCCC2)c1. The smallest absolute Gasteiger partial charge is 0.337 e. The normalized spacial score (nSPS) is 16.3. The molecule has 7 nitrogen and oxygen atoms in total. The Balaban J connectivity index is 1.78. The zero-order valence-electron chi connectivity index (χ0n) is 17.7. The molecule has 4 rings (SSSR count). The fourth-order valence-electron chi connectivity index (χ4n) is 4.07. The lowest BCUT2D eigenvalue weighted by Crippen LogP contribution is -2.30. The van der Waals surface area contributed by atoms with Crippen molar-refractivity contribution in [1.82, 2.24) is 0 Å². The van der Waals surface area contributed by atoms with Crippen LogP contribution < -0.4 is 9.62 Å². The minimum atomic E-state index is -4.05. The van der Waals surface area contributed by atoms with Crippen molar-refractivity contribution < 1.29 is 17.9 Å². The molecule has 2 aliphatic rings. The average molecular weight is 474 g/mol. The average Bonchev–Trinajstić information content (AvgIpc) is 3.65. The number of methoxy groups -OCH3 is 1. The molecule has 0 bridgehead atoms. The molecule has 0 aromatic heterocycles. The van der Waals surface area contributed by atoms with Gasteiger partial charge < -0.3 is 9.64 Å². The van der Waals surface area contributed by atoms with Crippen LogP contribution >= 0.6 is 11.6 Å². The van der Waals surface area contributed by atoms with Crippen molar-refractivity contribution in [2.75, 3.05) is 29.8 Å². The number of ether oxygens (including phenoxy) is 1. The molecular formula is C23H24ClN3O4S. The Morgan fingerprint density at radius 1 is 1.19 bits per heavy atom. The number of nitrogens with zero attached hydrogens (tertiary/aromatic N) is 2. The number of rotatable bonds is 6. The number of piperidine rings is 1. The number of halogens is 1. The first kappa shape index (κ1) is 22.4. The molecule has 1 aliphatic heterocycles. The molecule has 0 atom stereocenters. The summed E-state index contributed by atoms with van der Waals surface area (Å²) >= 11 is 6.28. The van der Waals surface area contributed by atoms with Gasteiger partial charge in [-0.2, -0.15) is 5.26 Å². The Bertz CT molecular complexity index is 1200. The van der Waals surface area contributed by atoms with Crippen LogP contribution in [0.3, 0.4) is 0 Å². The van der Waals surface area contributed by atoms with Gasteiger partial charge in [-0.15, -0.1) is 0 Å². The summed E-state index contributed by atoms with van der Waals surface area (Å²) in [5.41, 5.74) is 1.99. The maximum Gasteiger partial charge on any atom is 0.337 e. The lowest BCUT2D eigenvalue weighted by Gasteiger charge is -2.31. The Labute approximate surface area is 193 Å². The van der Waals surface area contributed by atoms with Crippen molar-refractivity contribution in [3.63, 3.8) is 0 Å². The summed E-state index contributed by atoms with van der Waals surface area (Å²) in [6, 6.07) is 9.78. The molecule has 0 unspecified atom stereocenters. The van der Waals surface area contributed by atoms with E-state index in [2.05, 4.69) is 9.62 Å². The second-order valence-corrected chi connectivity index (χ2v) is 10.2. The molecule has 1 saturated heterocycles. The first-order valence-electron chi connectivity index (χ1n) is 10.6. The highest BCUT2D eigenvalue weighted by molar-refractivity contribution is 7.92. The van der Waals surface area contributed by atoms with Crippen LogP contribution in [0.15, 0.2) is 35.2 Å². The van der Waals surface area contributed by atoms with Gasteiger partial charge in [0.15, 0.2) is 0 Å². The van der Waals surface area contributed by atoms with Gasteiger partial charge in [0, 0.05) is 13.1 Å². The lowest BCUT2D eigenvalue weighted by atomic mass is 10.1. The molecule has 9 heteroatoms. The predicted octanol–water partition coefficient (Wildman–Crippen LogP) is 4.67. The van der Waals surface area contributed by atoms with Crippen LogP contribution in [0.25, 0.3) is 0 Å². The van der Waals surface area contributed by atoms with E-state index in [-0.39, 0.29) is 27.0 Å². The Hall–Kier alpha value is -2.76. The summed E-state index contributed by atoms with van der Waals surface area (Å²) in [5, 5.41) is 9.71. The highest BCUT2D eigenvalue weighted by Gasteiger charge is 2.32. The van der Waals surface area contributed by atoms with Gasteiger partial charge in [-0.25, -0.2) is 13.2 Å². The van der Waals surface area contributed by atoms with E-state index in [1.165, 1.54) is 19.2 Å². The molecule has 1 heterocycles. The maximum atomic E-state index is 13.5. The summed E-state index contributed by atoms with van der Waals surface area (Å²) < 4.78 is 34.5. The third-order valence-electron chi connectivity index (χ3n) is 5.89. The Kier molecular flexibility index (Phi) is 6.31. The van der Waals surface area contributed by atoms with Gasteiger partial charge in [0.25, 0.3) is 10.0 Å². The van der Waals surface area contributed by atoms with Crippen molar-refractivity contribution in [2.24, 2.45) is 0 Å². The van der Waals surface area contributed by atoms with Crippen LogP contribution in [0.1, 0.15) is 59.5 Å². The van der Waals surface area contributed by atoms with Gasteiger partial charge in [0.2, 0.25) is 0 Å². The molecule has 2 fully saturated rings. The Morgan fingerprint density at radius 2 is 1.91 bits per heavy atom. The fourth-order valence-corrected chi connectivity index (χ4v) is 5.66. The number of carbonyl (C=O) groups is 1. The van der Waals surface area contributed by atoms with E-state index in [9.17, 15) is 18.5 Å². The Morgan fingerprint density at radius 3 is 2.53 bits per heavy atom. The van der Waals surface area contributed by atoms with E-state index < -0.39 is 16.0 Å². The van der Waals surface area contributed by atoms with E-state index in [1.54, 1.807) is 18.2 Å².